The summed E-state index contributed by atoms with van der Waals surface area (Å²) >= 11 is 0. The number of pyridine rings is 1. The van der Waals surface area contributed by atoms with Crippen molar-refractivity contribution in [1.29, 1.82) is 0 Å². The van der Waals surface area contributed by atoms with Gasteiger partial charge in [-0.05, 0) is 48.2 Å². The topological polar surface area (TPSA) is 12.9 Å². The molecule has 0 saturated carbocycles. The van der Waals surface area contributed by atoms with Crippen LogP contribution in [0.15, 0.2) is 36.7 Å². The molecule has 2 rings (SSSR count). The van der Waals surface area contributed by atoms with Crippen molar-refractivity contribution in [2.24, 2.45) is 0 Å². The van der Waals surface area contributed by atoms with E-state index in [1.807, 2.05) is 30.6 Å². The maximum atomic E-state index is 4.16. The first-order chi connectivity index (χ1) is 6.79. The van der Waals surface area contributed by atoms with Crippen LogP contribution in [-0.4, -0.2) is 4.98 Å². The SMILES string of the molecule is Cc1cncc(C)c1-c1c[c]ccc1. The highest BCUT2D eigenvalue weighted by Crippen LogP contribution is 2.25. The number of aromatic nitrogens is 1. The van der Waals surface area contributed by atoms with Crippen molar-refractivity contribution in [3.05, 3.63) is 53.9 Å². The summed E-state index contributed by atoms with van der Waals surface area (Å²) < 4.78 is 0. The zero-order valence-electron chi connectivity index (χ0n) is 8.41. The first kappa shape index (κ1) is 8.95. The Morgan fingerprint density at radius 2 is 1.86 bits per heavy atom. The lowest BCUT2D eigenvalue weighted by Crippen LogP contribution is -1.89. The second kappa shape index (κ2) is 3.62. The Morgan fingerprint density at radius 1 is 1.14 bits per heavy atom. The van der Waals surface area contributed by atoms with Gasteiger partial charge in [0.05, 0.1) is 0 Å². The molecule has 0 N–H and O–H groups in total. The molecule has 14 heavy (non-hydrogen) atoms. The Labute approximate surface area is 84.4 Å². The van der Waals surface area contributed by atoms with Gasteiger partial charge in [-0.1, -0.05) is 18.2 Å². The highest BCUT2D eigenvalue weighted by Gasteiger charge is 2.04. The number of aryl methyl sites for hydroxylation is 2. The Kier molecular flexibility index (Phi) is 2.32. The fraction of sp³-hybridized carbons (Fsp3) is 0.154. The normalized spacial score (nSPS) is 10.1. The number of hydrogen-bond donors (Lipinski definition) is 0. The first-order valence-electron chi connectivity index (χ1n) is 4.67. The van der Waals surface area contributed by atoms with E-state index in [-0.39, 0.29) is 0 Å². The number of benzene rings is 1. The Hall–Kier alpha value is -1.63. The summed E-state index contributed by atoms with van der Waals surface area (Å²) in [5, 5.41) is 0. The van der Waals surface area contributed by atoms with Gasteiger partial charge in [-0.25, -0.2) is 0 Å². The maximum Gasteiger partial charge on any atom is 0.0303 e. The van der Waals surface area contributed by atoms with Crippen LogP contribution in [0.1, 0.15) is 11.1 Å². The third-order valence-corrected chi connectivity index (χ3v) is 2.32. The molecule has 69 valence electrons. The van der Waals surface area contributed by atoms with Crippen molar-refractivity contribution >= 4 is 0 Å². The first-order valence-corrected chi connectivity index (χ1v) is 4.67. The summed E-state index contributed by atoms with van der Waals surface area (Å²) in [6.45, 7) is 4.17. The zero-order valence-corrected chi connectivity index (χ0v) is 8.41. The van der Waals surface area contributed by atoms with Gasteiger partial charge in [-0.15, -0.1) is 0 Å². The van der Waals surface area contributed by atoms with Crippen molar-refractivity contribution in [3.8, 4) is 11.1 Å². The molecule has 0 spiro atoms. The van der Waals surface area contributed by atoms with E-state index in [1.54, 1.807) is 0 Å². The van der Waals surface area contributed by atoms with E-state index in [1.165, 1.54) is 22.3 Å². The number of nitrogens with zero attached hydrogens (tertiary/aromatic N) is 1. The Bertz CT molecular complexity index is 412. The fourth-order valence-electron chi connectivity index (χ4n) is 1.71. The van der Waals surface area contributed by atoms with Crippen molar-refractivity contribution in [2.45, 2.75) is 13.8 Å². The Balaban J connectivity index is 2.63. The molecule has 0 saturated heterocycles. The van der Waals surface area contributed by atoms with Crippen LogP contribution < -0.4 is 0 Å². The summed E-state index contributed by atoms with van der Waals surface area (Å²) in [5.41, 5.74) is 4.91. The molecule has 0 aliphatic heterocycles. The van der Waals surface area contributed by atoms with Crippen molar-refractivity contribution in [3.63, 3.8) is 0 Å². The van der Waals surface area contributed by atoms with Gasteiger partial charge in [-0.2, -0.15) is 0 Å². The smallest absolute Gasteiger partial charge is 0.0303 e. The Morgan fingerprint density at radius 3 is 2.43 bits per heavy atom. The van der Waals surface area contributed by atoms with Crippen LogP contribution in [0.3, 0.4) is 0 Å². The molecule has 0 amide bonds. The third kappa shape index (κ3) is 1.53. The van der Waals surface area contributed by atoms with Crippen LogP contribution in [0.2, 0.25) is 0 Å². The highest BCUT2D eigenvalue weighted by molar-refractivity contribution is 5.69. The minimum atomic E-state index is 1.21. The second-order valence-electron chi connectivity index (χ2n) is 3.44. The van der Waals surface area contributed by atoms with E-state index in [9.17, 15) is 0 Å². The molecule has 1 radical (unpaired) electrons. The summed E-state index contributed by atoms with van der Waals surface area (Å²) in [6.07, 6.45) is 3.80. The monoisotopic (exact) mass is 182 g/mol. The van der Waals surface area contributed by atoms with Crippen LogP contribution in [0.4, 0.5) is 0 Å². The predicted molar refractivity (Wildman–Crippen MR) is 58.0 cm³/mol. The van der Waals surface area contributed by atoms with Gasteiger partial charge in [0.15, 0.2) is 0 Å². The molecular weight excluding hydrogens is 170 g/mol. The lowest BCUT2D eigenvalue weighted by atomic mass is 9.98. The molecule has 0 fully saturated rings. The van der Waals surface area contributed by atoms with Gasteiger partial charge in [0, 0.05) is 12.4 Å². The van der Waals surface area contributed by atoms with E-state index in [0.717, 1.165) is 0 Å². The minimum absolute atomic E-state index is 1.21. The van der Waals surface area contributed by atoms with Crippen LogP contribution >= 0.6 is 0 Å². The van der Waals surface area contributed by atoms with Crippen molar-refractivity contribution in [1.82, 2.24) is 4.98 Å². The standard InChI is InChI=1S/C13H12N/c1-10-8-14-9-11(2)13(10)12-6-4-3-5-7-12/h3-4,6-9H,1-2H3. The molecule has 1 heteroatoms. The van der Waals surface area contributed by atoms with Crippen LogP contribution in [0.25, 0.3) is 11.1 Å². The lowest BCUT2D eigenvalue weighted by molar-refractivity contribution is 1.22. The average Bonchev–Trinajstić information content (AvgIpc) is 2.19. The lowest BCUT2D eigenvalue weighted by Gasteiger charge is -2.08. The highest BCUT2D eigenvalue weighted by atomic mass is 14.6. The van der Waals surface area contributed by atoms with E-state index in [2.05, 4.69) is 31.0 Å². The summed E-state index contributed by atoms with van der Waals surface area (Å²) in [5.74, 6) is 0. The molecule has 0 unspecified atom stereocenters. The average molecular weight is 182 g/mol. The van der Waals surface area contributed by atoms with E-state index in [0.29, 0.717) is 0 Å². The fourth-order valence-corrected chi connectivity index (χ4v) is 1.71. The second-order valence-corrected chi connectivity index (χ2v) is 3.44. The van der Waals surface area contributed by atoms with Crippen LogP contribution in [0.5, 0.6) is 0 Å². The molecule has 1 nitrogen and oxygen atoms in total. The zero-order chi connectivity index (χ0) is 9.97. The summed E-state index contributed by atoms with van der Waals surface area (Å²) in [6, 6.07) is 11.1. The molecule has 1 aromatic heterocycles. The molecule has 0 bridgehead atoms. The van der Waals surface area contributed by atoms with E-state index >= 15 is 0 Å². The molecule has 2 aromatic rings. The number of hydrogen-bond acceptors (Lipinski definition) is 1. The van der Waals surface area contributed by atoms with Gasteiger partial charge < -0.3 is 0 Å². The van der Waals surface area contributed by atoms with Gasteiger partial charge >= 0.3 is 0 Å². The van der Waals surface area contributed by atoms with Crippen LogP contribution in [0, 0.1) is 19.9 Å². The number of rotatable bonds is 1. The summed E-state index contributed by atoms with van der Waals surface area (Å²) in [4.78, 5) is 4.16. The summed E-state index contributed by atoms with van der Waals surface area (Å²) in [7, 11) is 0. The minimum Gasteiger partial charge on any atom is -0.264 e. The molecule has 0 aliphatic carbocycles. The van der Waals surface area contributed by atoms with E-state index in [4.69, 9.17) is 0 Å². The van der Waals surface area contributed by atoms with Gasteiger partial charge in [-0.3, -0.25) is 4.98 Å². The quantitative estimate of drug-likeness (QED) is 0.660. The van der Waals surface area contributed by atoms with E-state index < -0.39 is 0 Å². The van der Waals surface area contributed by atoms with Gasteiger partial charge in [0.25, 0.3) is 0 Å². The van der Waals surface area contributed by atoms with Gasteiger partial charge in [0.1, 0.15) is 0 Å². The molecule has 1 heterocycles. The van der Waals surface area contributed by atoms with Crippen molar-refractivity contribution in [2.75, 3.05) is 0 Å². The van der Waals surface area contributed by atoms with Gasteiger partial charge in [0.2, 0.25) is 0 Å². The van der Waals surface area contributed by atoms with Crippen LogP contribution in [-0.2, 0) is 0 Å². The van der Waals surface area contributed by atoms with Crippen molar-refractivity contribution < 1.29 is 0 Å². The largest absolute Gasteiger partial charge is 0.264 e. The predicted octanol–water partition coefficient (Wildman–Crippen LogP) is 3.17. The molecule has 1 aromatic carbocycles. The molecule has 0 aliphatic rings. The molecule has 0 atom stereocenters. The third-order valence-electron chi connectivity index (χ3n) is 2.32. The molecular formula is C13H12N. The maximum absolute atomic E-state index is 4.16.